The van der Waals surface area contributed by atoms with E-state index in [2.05, 4.69) is 5.32 Å². The fourth-order valence-corrected chi connectivity index (χ4v) is 6.35. The predicted octanol–water partition coefficient (Wildman–Crippen LogP) is 2.57. The van der Waals surface area contributed by atoms with Crippen LogP contribution in [-0.4, -0.2) is 46.8 Å². The number of benzene rings is 1. The molecule has 1 amide bonds. The van der Waals surface area contributed by atoms with Crippen molar-refractivity contribution in [3.63, 3.8) is 0 Å². The minimum Gasteiger partial charge on any atom is -0.349 e. The molecule has 1 N–H and O–H groups in total. The van der Waals surface area contributed by atoms with Crippen molar-refractivity contribution in [2.75, 3.05) is 12.3 Å². The van der Waals surface area contributed by atoms with E-state index in [1.165, 1.54) is 15.6 Å². The number of aromatic nitrogens is 2. The first-order valence-corrected chi connectivity index (χ1v) is 12.5. The van der Waals surface area contributed by atoms with Crippen LogP contribution < -0.4 is 5.32 Å². The molecule has 8 heteroatoms. The fraction of sp³-hybridized carbons (Fsp3) is 0.545. The van der Waals surface area contributed by atoms with Crippen molar-refractivity contribution in [2.45, 2.75) is 64.5 Å². The molecule has 1 aromatic heterocycles. The van der Waals surface area contributed by atoms with Crippen LogP contribution in [0.3, 0.4) is 0 Å². The molecule has 1 aliphatic heterocycles. The van der Waals surface area contributed by atoms with E-state index in [1.807, 2.05) is 41.9 Å². The molecule has 2 heterocycles. The van der Waals surface area contributed by atoms with Crippen LogP contribution in [0.2, 0.25) is 0 Å². The molecule has 2 aliphatic rings. The maximum atomic E-state index is 13.0. The largest absolute Gasteiger partial charge is 0.349 e. The van der Waals surface area contributed by atoms with Gasteiger partial charge in [0.05, 0.1) is 23.7 Å². The second-order valence-corrected chi connectivity index (χ2v) is 10.2. The van der Waals surface area contributed by atoms with E-state index in [-0.39, 0.29) is 11.7 Å². The summed E-state index contributed by atoms with van der Waals surface area (Å²) < 4.78 is 28.6. The number of rotatable bonds is 7. The van der Waals surface area contributed by atoms with Gasteiger partial charge in [0.2, 0.25) is 15.9 Å². The molecule has 0 saturated carbocycles. The summed E-state index contributed by atoms with van der Waals surface area (Å²) in [4.78, 5) is 13.0. The Bertz CT molecular complexity index is 1000. The van der Waals surface area contributed by atoms with Crippen LogP contribution in [0.1, 0.15) is 56.0 Å². The van der Waals surface area contributed by atoms with Crippen LogP contribution in [0.4, 0.5) is 0 Å². The van der Waals surface area contributed by atoms with Gasteiger partial charge in [-0.25, -0.2) is 13.1 Å². The van der Waals surface area contributed by atoms with Crippen molar-refractivity contribution < 1.29 is 13.2 Å². The van der Waals surface area contributed by atoms with Gasteiger partial charge in [0, 0.05) is 12.2 Å². The SMILES string of the molecule is CCCS(=O)(=O)N1CCCCC1C(=O)NCc1nn(-c2ccccc2)c2c1CCC2. The van der Waals surface area contributed by atoms with Crippen molar-refractivity contribution in [1.29, 1.82) is 0 Å². The lowest BCUT2D eigenvalue weighted by Gasteiger charge is -2.33. The molecule has 0 bridgehead atoms. The van der Waals surface area contributed by atoms with Crippen molar-refractivity contribution in [3.05, 3.63) is 47.3 Å². The van der Waals surface area contributed by atoms with Gasteiger partial charge in [-0.2, -0.15) is 9.40 Å². The monoisotopic (exact) mass is 430 g/mol. The van der Waals surface area contributed by atoms with Crippen molar-refractivity contribution in [3.8, 4) is 5.69 Å². The third-order valence-corrected chi connectivity index (χ3v) is 8.10. The van der Waals surface area contributed by atoms with Crippen LogP contribution in [0.15, 0.2) is 30.3 Å². The van der Waals surface area contributed by atoms with Gasteiger partial charge in [0.1, 0.15) is 6.04 Å². The number of carbonyl (C=O) groups is 1. The summed E-state index contributed by atoms with van der Waals surface area (Å²) in [7, 11) is -3.40. The van der Waals surface area contributed by atoms with Gasteiger partial charge in [-0.1, -0.05) is 31.5 Å². The van der Waals surface area contributed by atoms with Gasteiger partial charge in [-0.15, -0.1) is 0 Å². The summed E-state index contributed by atoms with van der Waals surface area (Å²) in [5.41, 5.74) is 4.35. The molecular formula is C22H30N4O3S. The van der Waals surface area contributed by atoms with E-state index in [0.717, 1.165) is 43.5 Å². The number of nitrogens with zero attached hydrogens (tertiary/aromatic N) is 3. The maximum Gasteiger partial charge on any atom is 0.238 e. The fourth-order valence-electron chi connectivity index (χ4n) is 4.60. The van der Waals surface area contributed by atoms with E-state index >= 15 is 0 Å². The Morgan fingerprint density at radius 3 is 2.73 bits per heavy atom. The number of para-hydroxylation sites is 1. The first-order valence-electron chi connectivity index (χ1n) is 10.9. The standard InChI is InChI=1S/C22H30N4O3S/c1-2-15-30(28,29)25-14-7-6-12-21(25)22(27)23-16-19-18-11-8-13-20(18)26(24-19)17-9-4-3-5-10-17/h3-5,9-10,21H,2,6-8,11-16H2,1H3,(H,23,27). The number of fused-ring (bicyclic) bond motifs is 1. The maximum absolute atomic E-state index is 13.0. The molecular weight excluding hydrogens is 400 g/mol. The molecule has 1 fully saturated rings. The molecule has 7 nitrogen and oxygen atoms in total. The topological polar surface area (TPSA) is 84.3 Å². The Morgan fingerprint density at radius 1 is 1.17 bits per heavy atom. The number of hydrogen-bond acceptors (Lipinski definition) is 4. The average molecular weight is 431 g/mol. The molecule has 1 aliphatic carbocycles. The predicted molar refractivity (Wildman–Crippen MR) is 116 cm³/mol. The van der Waals surface area contributed by atoms with Gasteiger partial charge in [-0.05, 0) is 56.2 Å². The third kappa shape index (κ3) is 4.16. The summed E-state index contributed by atoms with van der Waals surface area (Å²) in [5.74, 6) is -0.124. The smallest absolute Gasteiger partial charge is 0.238 e. The summed E-state index contributed by atoms with van der Waals surface area (Å²) >= 11 is 0. The summed E-state index contributed by atoms with van der Waals surface area (Å²) in [6.07, 6.45) is 5.84. The highest BCUT2D eigenvalue weighted by Gasteiger charge is 2.36. The quantitative estimate of drug-likeness (QED) is 0.732. The zero-order chi connectivity index (χ0) is 21.1. The molecule has 0 radical (unpaired) electrons. The zero-order valence-corrected chi connectivity index (χ0v) is 18.3. The van der Waals surface area contributed by atoms with E-state index in [1.54, 1.807) is 0 Å². The van der Waals surface area contributed by atoms with E-state index in [0.29, 0.717) is 25.9 Å². The average Bonchev–Trinajstić information content (AvgIpc) is 3.36. The van der Waals surface area contributed by atoms with Gasteiger partial charge in [-0.3, -0.25) is 4.79 Å². The van der Waals surface area contributed by atoms with Crippen LogP contribution in [0, 0.1) is 0 Å². The second kappa shape index (κ2) is 8.89. The highest BCUT2D eigenvalue weighted by molar-refractivity contribution is 7.89. The Kier molecular flexibility index (Phi) is 6.24. The molecule has 162 valence electrons. The van der Waals surface area contributed by atoms with Crippen molar-refractivity contribution in [1.82, 2.24) is 19.4 Å². The molecule has 0 spiro atoms. The van der Waals surface area contributed by atoms with E-state index in [9.17, 15) is 13.2 Å². The van der Waals surface area contributed by atoms with Gasteiger partial charge in [0.15, 0.2) is 0 Å². The highest BCUT2D eigenvalue weighted by atomic mass is 32.2. The Hall–Kier alpha value is -2.19. The third-order valence-electron chi connectivity index (χ3n) is 6.02. The van der Waals surface area contributed by atoms with Gasteiger partial charge < -0.3 is 5.32 Å². The second-order valence-electron chi connectivity index (χ2n) is 8.13. The summed E-state index contributed by atoms with van der Waals surface area (Å²) in [6.45, 7) is 2.61. The summed E-state index contributed by atoms with van der Waals surface area (Å²) in [5, 5.41) is 7.77. The molecule has 30 heavy (non-hydrogen) atoms. The molecule has 2 aromatic rings. The molecule has 1 atom stereocenters. The highest BCUT2D eigenvalue weighted by Crippen LogP contribution is 2.28. The van der Waals surface area contributed by atoms with E-state index in [4.69, 9.17) is 5.10 Å². The van der Waals surface area contributed by atoms with E-state index < -0.39 is 16.1 Å². The van der Waals surface area contributed by atoms with Crippen LogP contribution >= 0.6 is 0 Å². The number of sulfonamides is 1. The Morgan fingerprint density at radius 2 is 1.97 bits per heavy atom. The number of hydrogen-bond donors (Lipinski definition) is 1. The Labute approximate surface area is 178 Å². The number of amides is 1. The number of carbonyl (C=O) groups excluding carboxylic acids is 1. The minimum absolute atomic E-state index is 0.0891. The lowest BCUT2D eigenvalue weighted by Crippen LogP contribution is -2.52. The molecule has 1 unspecified atom stereocenters. The number of piperidine rings is 1. The van der Waals surface area contributed by atoms with Crippen LogP contribution in [-0.2, 0) is 34.2 Å². The van der Waals surface area contributed by atoms with Crippen molar-refractivity contribution in [2.24, 2.45) is 0 Å². The summed E-state index contributed by atoms with van der Waals surface area (Å²) in [6, 6.07) is 9.43. The first-order chi connectivity index (χ1) is 14.5. The lowest BCUT2D eigenvalue weighted by molar-refractivity contribution is -0.125. The minimum atomic E-state index is -3.40. The molecule has 4 rings (SSSR count). The number of nitrogens with one attached hydrogen (secondary N) is 1. The Balaban J connectivity index is 1.50. The van der Waals surface area contributed by atoms with Crippen molar-refractivity contribution >= 4 is 15.9 Å². The molecule has 1 aromatic carbocycles. The zero-order valence-electron chi connectivity index (χ0n) is 17.5. The molecule has 1 saturated heterocycles. The van der Waals surface area contributed by atoms with Gasteiger partial charge >= 0.3 is 0 Å². The van der Waals surface area contributed by atoms with Gasteiger partial charge in [0.25, 0.3) is 0 Å². The lowest BCUT2D eigenvalue weighted by atomic mass is 10.0. The van der Waals surface area contributed by atoms with Crippen LogP contribution in [0.25, 0.3) is 5.69 Å². The normalized spacial score (nSPS) is 19.6. The van der Waals surface area contributed by atoms with Crippen LogP contribution in [0.5, 0.6) is 0 Å². The first kappa shape index (κ1) is 21.1.